The minimum Gasteiger partial charge on any atom is -0.490 e. The zero-order valence-corrected chi connectivity index (χ0v) is 13.3. The van der Waals surface area contributed by atoms with E-state index in [1.165, 1.54) is 25.9 Å². The van der Waals surface area contributed by atoms with Gasteiger partial charge in [0.05, 0.1) is 15.6 Å². The van der Waals surface area contributed by atoms with Gasteiger partial charge in [-0.3, -0.25) is 4.90 Å². The number of aliphatic hydroxyl groups is 1. The molecule has 1 saturated heterocycles. The second-order valence-electron chi connectivity index (χ2n) is 4.44. The van der Waals surface area contributed by atoms with Crippen molar-refractivity contribution >= 4 is 31.9 Å². The Labute approximate surface area is 124 Å². The highest BCUT2D eigenvalue weighted by atomic mass is 79.9. The molecule has 100 valence electrons. The zero-order chi connectivity index (χ0) is 13.0. The van der Waals surface area contributed by atoms with Crippen LogP contribution in [-0.4, -0.2) is 36.2 Å². The van der Waals surface area contributed by atoms with Crippen molar-refractivity contribution in [2.24, 2.45) is 0 Å². The molecule has 1 N–H and O–H groups in total. The third-order valence-corrected chi connectivity index (χ3v) is 4.27. The Bertz CT molecular complexity index is 383. The van der Waals surface area contributed by atoms with E-state index < -0.39 is 0 Å². The number of likely N-dealkylation sites (tertiary alicyclic amines) is 1. The average molecular weight is 379 g/mol. The topological polar surface area (TPSA) is 32.7 Å². The molecule has 1 heterocycles. The van der Waals surface area contributed by atoms with Gasteiger partial charge in [0.1, 0.15) is 12.4 Å². The summed E-state index contributed by atoms with van der Waals surface area (Å²) in [5, 5.41) is 9.11. The highest BCUT2D eigenvalue weighted by molar-refractivity contribution is 9.11. The van der Waals surface area contributed by atoms with Crippen molar-refractivity contribution in [2.45, 2.75) is 19.4 Å². The smallest absolute Gasteiger partial charge is 0.147 e. The number of rotatable bonds is 5. The Morgan fingerprint density at radius 3 is 2.33 bits per heavy atom. The number of ether oxygens (including phenoxy) is 1. The van der Waals surface area contributed by atoms with Crippen LogP contribution in [0, 0.1) is 0 Å². The summed E-state index contributed by atoms with van der Waals surface area (Å²) in [4.78, 5) is 2.42. The summed E-state index contributed by atoms with van der Waals surface area (Å²) in [6.07, 6.45) is 2.61. The molecule has 0 unspecified atom stereocenters. The molecule has 0 aliphatic carbocycles. The summed E-state index contributed by atoms with van der Waals surface area (Å²) in [5.74, 6) is 0.811. The number of nitrogens with zero attached hydrogens (tertiary/aromatic N) is 1. The van der Waals surface area contributed by atoms with Crippen LogP contribution in [0.15, 0.2) is 21.1 Å². The van der Waals surface area contributed by atoms with Gasteiger partial charge in [-0.05, 0) is 75.5 Å². The molecule has 0 bridgehead atoms. The van der Waals surface area contributed by atoms with E-state index >= 15 is 0 Å². The Hall–Kier alpha value is -0.100. The van der Waals surface area contributed by atoms with E-state index in [2.05, 4.69) is 36.8 Å². The summed E-state index contributed by atoms with van der Waals surface area (Å²) in [6, 6.07) is 3.77. The minimum atomic E-state index is 0.0330. The van der Waals surface area contributed by atoms with E-state index in [0.29, 0.717) is 6.61 Å². The highest BCUT2D eigenvalue weighted by Gasteiger charge is 2.13. The van der Waals surface area contributed by atoms with E-state index in [1.54, 1.807) is 0 Å². The van der Waals surface area contributed by atoms with E-state index in [1.807, 2.05) is 12.1 Å². The summed E-state index contributed by atoms with van der Waals surface area (Å²) in [6.45, 7) is 4.08. The Morgan fingerprint density at radius 1 is 1.17 bits per heavy atom. The number of benzene rings is 1. The first-order valence-corrected chi connectivity index (χ1v) is 7.73. The molecule has 1 aromatic rings. The van der Waals surface area contributed by atoms with Crippen molar-refractivity contribution in [1.82, 2.24) is 4.90 Å². The maximum atomic E-state index is 9.11. The van der Waals surface area contributed by atoms with Crippen LogP contribution in [0.2, 0.25) is 0 Å². The molecular formula is C13H17Br2NO2. The maximum Gasteiger partial charge on any atom is 0.147 e. The second-order valence-corrected chi connectivity index (χ2v) is 6.15. The Kier molecular flexibility index (Phi) is 5.48. The summed E-state index contributed by atoms with van der Waals surface area (Å²) in [5.41, 5.74) is 0.862. The van der Waals surface area contributed by atoms with Crippen molar-refractivity contribution < 1.29 is 9.84 Å². The van der Waals surface area contributed by atoms with Crippen LogP contribution in [0.5, 0.6) is 5.75 Å². The third-order valence-electron chi connectivity index (χ3n) is 3.09. The lowest BCUT2D eigenvalue weighted by molar-refractivity contribution is 0.235. The summed E-state index contributed by atoms with van der Waals surface area (Å²) >= 11 is 6.95. The molecule has 0 aromatic heterocycles. The average Bonchev–Trinajstić information content (AvgIpc) is 2.85. The molecule has 3 nitrogen and oxygen atoms in total. The van der Waals surface area contributed by atoms with Gasteiger partial charge >= 0.3 is 0 Å². The standard InChI is InChI=1S/C13H17Br2NO2/c14-11-7-10(9-17)8-12(15)13(11)18-6-5-16-3-1-2-4-16/h7-8,17H,1-6,9H2. The first kappa shape index (κ1) is 14.3. The number of hydrogen-bond acceptors (Lipinski definition) is 3. The van der Waals surface area contributed by atoms with E-state index in [9.17, 15) is 0 Å². The molecule has 1 aliphatic heterocycles. The molecule has 1 aliphatic rings. The Morgan fingerprint density at radius 2 is 1.78 bits per heavy atom. The van der Waals surface area contributed by atoms with Crippen LogP contribution < -0.4 is 4.74 Å². The quantitative estimate of drug-likeness (QED) is 0.854. The minimum absolute atomic E-state index is 0.0330. The van der Waals surface area contributed by atoms with Crippen molar-refractivity contribution in [1.29, 1.82) is 0 Å². The molecule has 0 amide bonds. The lowest BCUT2D eigenvalue weighted by Crippen LogP contribution is -2.25. The van der Waals surface area contributed by atoms with Crippen LogP contribution in [0.1, 0.15) is 18.4 Å². The monoisotopic (exact) mass is 377 g/mol. The van der Waals surface area contributed by atoms with Crippen LogP contribution in [0.4, 0.5) is 0 Å². The number of halogens is 2. The molecule has 0 spiro atoms. The lowest BCUT2D eigenvalue weighted by Gasteiger charge is -2.16. The van der Waals surface area contributed by atoms with Crippen molar-refractivity contribution in [3.05, 3.63) is 26.6 Å². The van der Waals surface area contributed by atoms with Crippen LogP contribution in [0.25, 0.3) is 0 Å². The van der Waals surface area contributed by atoms with E-state index in [4.69, 9.17) is 9.84 Å². The number of hydrogen-bond donors (Lipinski definition) is 1. The highest BCUT2D eigenvalue weighted by Crippen LogP contribution is 2.34. The maximum absolute atomic E-state index is 9.11. The summed E-state index contributed by atoms with van der Waals surface area (Å²) in [7, 11) is 0. The predicted octanol–water partition coefficient (Wildman–Crippen LogP) is 3.18. The third kappa shape index (κ3) is 3.70. The number of aliphatic hydroxyl groups excluding tert-OH is 1. The zero-order valence-electron chi connectivity index (χ0n) is 10.2. The van der Waals surface area contributed by atoms with Gasteiger partial charge in [-0.25, -0.2) is 0 Å². The molecule has 5 heteroatoms. The molecule has 0 atom stereocenters. The van der Waals surface area contributed by atoms with Gasteiger partial charge in [0.15, 0.2) is 0 Å². The predicted molar refractivity (Wildman–Crippen MR) is 78.9 cm³/mol. The molecule has 0 saturated carbocycles. The molecule has 0 radical (unpaired) electrons. The largest absolute Gasteiger partial charge is 0.490 e. The fourth-order valence-corrected chi connectivity index (χ4v) is 3.63. The molecule has 18 heavy (non-hydrogen) atoms. The van der Waals surface area contributed by atoms with Gasteiger partial charge in [0.25, 0.3) is 0 Å². The van der Waals surface area contributed by atoms with E-state index in [0.717, 1.165) is 26.8 Å². The fourth-order valence-electron chi connectivity index (χ4n) is 2.12. The van der Waals surface area contributed by atoms with Gasteiger partial charge in [-0.1, -0.05) is 0 Å². The fraction of sp³-hybridized carbons (Fsp3) is 0.538. The van der Waals surface area contributed by atoms with Gasteiger partial charge in [0, 0.05) is 6.54 Å². The lowest BCUT2D eigenvalue weighted by atomic mass is 10.2. The van der Waals surface area contributed by atoms with Gasteiger partial charge < -0.3 is 9.84 Å². The normalized spacial score (nSPS) is 16.2. The second kappa shape index (κ2) is 6.89. The molecule has 2 rings (SSSR count). The first-order chi connectivity index (χ1) is 8.70. The van der Waals surface area contributed by atoms with E-state index in [-0.39, 0.29) is 6.61 Å². The van der Waals surface area contributed by atoms with Gasteiger partial charge in [-0.15, -0.1) is 0 Å². The van der Waals surface area contributed by atoms with Crippen LogP contribution in [0.3, 0.4) is 0 Å². The molecular weight excluding hydrogens is 362 g/mol. The summed E-state index contributed by atoms with van der Waals surface area (Å²) < 4.78 is 7.57. The first-order valence-electron chi connectivity index (χ1n) is 6.14. The van der Waals surface area contributed by atoms with Crippen LogP contribution in [-0.2, 0) is 6.61 Å². The SMILES string of the molecule is OCc1cc(Br)c(OCCN2CCCC2)c(Br)c1. The van der Waals surface area contributed by atoms with Crippen molar-refractivity contribution in [2.75, 3.05) is 26.2 Å². The molecule has 1 aromatic carbocycles. The Balaban J connectivity index is 1.92. The van der Waals surface area contributed by atoms with Crippen molar-refractivity contribution in [3.8, 4) is 5.75 Å². The molecule has 1 fully saturated rings. The van der Waals surface area contributed by atoms with Crippen LogP contribution >= 0.6 is 31.9 Å². The van der Waals surface area contributed by atoms with Gasteiger partial charge in [0.2, 0.25) is 0 Å². The van der Waals surface area contributed by atoms with Gasteiger partial charge in [-0.2, -0.15) is 0 Å². The van der Waals surface area contributed by atoms with Crippen molar-refractivity contribution in [3.63, 3.8) is 0 Å².